The quantitative estimate of drug-likeness (QED) is 0.542. The highest BCUT2D eigenvalue weighted by molar-refractivity contribution is 7.17. The van der Waals surface area contributed by atoms with E-state index < -0.39 is 0 Å². The zero-order valence-corrected chi connectivity index (χ0v) is 17.5. The topological polar surface area (TPSA) is 73.1 Å². The molecule has 0 saturated carbocycles. The Balaban J connectivity index is 1.73. The van der Waals surface area contributed by atoms with Crippen molar-refractivity contribution in [1.82, 2.24) is 24.9 Å². The van der Waals surface area contributed by atoms with Gasteiger partial charge in [-0.15, -0.1) is 10.2 Å². The Morgan fingerprint density at radius 1 is 1.21 bits per heavy atom. The monoisotopic (exact) mass is 399 g/mol. The van der Waals surface area contributed by atoms with Crippen LogP contribution in [0.25, 0.3) is 21.3 Å². The van der Waals surface area contributed by atoms with Crippen molar-refractivity contribution in [3.63, 3.8) is 0 Å². The van der Waals surface area contributed by atoms with E-state index in [9.17, 15) is 4.79 Å². The fraction of sp³-hybridized carbons (Fsp3) is 0.400. The van der Waals surface area contributed by atoms with Crippen LogP contribution in [0.3, 0.4) is 0 Å². The van der Waals surface area contributed by atoms with Crippen LogP contribution in [0, 0.1) is 13.8 Å². The Hall–Kier alpha value is -2.58. The van der Waals surface area contributed by atoms with Crippen molar-refractivity contribution in [2.24, 2.45) is 0 Å². The number of aryl methyl sites for hydroxylation is 2. The largest absolute Gasteiger partial charge is 0.463 e. The van der Waals surface area contributed by atoms with E-state index in [1.807, 2.05) is 45.2 Å². The van der Waals surface area contributed by atoms with E-state index in [1.165, 1.54) is 16.9 Å². The number of ether oxygens (including phenoxy) is 1. The van der Waals surface area contributed by atoms with Crippen LogP contribution in [0.2, 0.25) is 0 Å². The Labute approximate surface area is 169 Å². The maximum absolute atomic E-state index is 12.2. The predicted octanol–water partition coefficient (Wildman–Crippen LogP) is 3.18. The van der Waals surface area contributed by atoms with Gasteiger partial charge in [0.25, 0.3) is 0 Å². The van der Waals surface area contributed by atoms with Crippen LogP contribution < -0.4 is 0 Å². The van der Waals surface area contributed by atoms with Gasteiger partial charge >= 0.3 is 5.97 Å². The highest BCUT2D eigenvalue weighted by Gasteiger charge is 2.17. The van der Waals surface area contributed by atoms with Gasteiger partial charge in [0, 0.05) is 12.1 Å². The highest BCUT2D eigenvalue weighted by atomic mass is 32.1. The van der Waals surface area contributed by atoms with Crippen LogP contribution in [0.1, 0.15) is 18.2 Å². The van der Waals surface area contributed by atoms with Crippen LogP contribution in [0.4, 0.5) is 0 Å². The fourth-order valence-corrected chi connectivity index (χ4v) is 3.56. The second-order valence-corrected chi connectivity index (χ2v) is 7.70. The molecule has 8 heteroatoms. The standard InChI is InChI=1S/C20H25N5O2S/c1-5-24(4)9-10-27-18(26)13-25-17(12-15(3)23-25)20-22-21-19(28-20)16-8-6-7-14(2)11-16/h6-8,11-12H,5,9-10,13H2,1-4H3. The summed E-state index contributed by atoms with van der Waals surface area (Å²) >= 11 is 1.49. The summed E-state index contributed by atoms with van der Waals surface area (Å²) in [4.78, 5) is 14.3. The van der Waals surface area contributed by atoms with Gasteiger partial charge in [0.1, 0.15) is 18.2 Å². The molecule has 7 nitrogen and oxygen atoms in total. The first-order valence-electron chi connectivity index (χ1n) is 9.25. The Bertz CT molecular complexity index is 950. The van der Waals surface area contributed by atoms with E-state index in [2.05, 4.69) is 33.2 Å². The van der Waals surface area contributed by atoms with Crippen LogP contribution in [0.15, 0.2) is 30.3 Å². The molecule has 0 unspecified atom stereocenters. The fourth-order valence-electron chi connectivity index (χ4n) is 2.70. The van der Waals surface area contributed by atoms with E-state index in [0.29, 0.717) is 13.2 Å². The number of benzene rings is 1. The van der Waals surface area contributed by atoms with Gasteiger partial charge in [0.2, 0.25) is 0 Å². The molecule has 1 aromatic carbocycles. The Morgan fingerprint density at radius 2 is 2.00 bits per heavy atom. The molecule has 0 spiro atoms. The second-order valence-electron chi connectivity index (χ2n) is 6.73. The SMILES string of the molecule is CCN(C)CCOC(=O)Cn1nc(C)cc1-c1nnc(-c2cccc(C)c2)s1. The molecule has 0 N–H and O–H groups in total. The van der Waals surface area contributed by atoms with E-state index in [4.69, 9.17) is 4.74 Å². The van der Waals surface area contributed by atoms with Crippen molar-refractivity contribution in [1.29, 1.82) is 0 Å². The minimum Gasteiger partial charge on any atom is -0.463 e. The molecule has 3 aromatic rings. The maximum atomic E-state index is 12.2. The summed E-state index contributed by atoms with van der Waals surface area (Å²) in [6, 6.07) is 10.1. The molecule has 148 valence electrons. The van der Waals surface area contributed by atoms with Crippen LogP contribution in [-0.4, -0.2) is 57.6 Å². The zero-order chi connectivity index (χ0) is 20.1. The molecule has 28 heavy (non-hydrogen) atoms. The number of likely N-dealkylation sites (N-methyl/N-ethyl adjacent to an activating group) is 1. The molecule has 0 atom stereocenters. The minimum atomic E-state index is -0.308. The first-order chi connectivity index (χ1) is 13.5. The van der Waals surface area contributed by atoms with E-state index in [1.54, 1.807) is 4.68 Å². The first-order valence-corrected chi connectivity index (χ1v) is 10.1. The van der Waals surface area contributed by atoms with Crippen molar-refractivity contribution >= 4 is 17.3 Å². The summed E-state index contributed by atoms with van der Waals surface area (Å²) in [5, 5.41) is 14.6. The summed E-state index contributed by atoms with van der Waals surface area (Å²) in [7, 11) is 1.99. The predicted molar refractivity (Wildman–Crippen MR) is 110 cm³/mol. The minimum absolute atomic E-state index is 0.0539. The molecule has 0 bridgehead atoms. The van der Waals surface area contributed by atoms with Crippen molar-refractivity contribution in [2.45, 2.75) is 27.3 Å². The number of carbonyl (C=O) groups is 1. The van der Waals surface area contributed by atoms with E-state index in [0.717, 1.165) is 33.5 Å². The Morgan fingerprint density at radius 3 is 2.75 bits per heavy atom. The Kier molecular flexibility index (Phi) is 6.53. The van der Waals surface area contributed by atoms with Crippen molar-refractivity contribution in [3.8, 4) is 21.3 Å². The molecule has 0 aliphatic carbocycles. The summed E-state index contributed by atoms with van der Waals surface area (Å²) < 4.78 is 6.97. The smallest absolute Gasteiger partial charge is 0.327 e. The van der Waals surface area contributed by atoms with Gasteiger partial charge in [-0.1, -0.05) is 42.0 Å². The molecule has 2 heterocycles. The first kappa shape index (κ1) is 20.2. The summed E-state index contributed by atoms with van der Waals surface area (Å²) in [6.07, 6.45) is 0. The van der Waals surface area contributed by atoms with Gasteiger partial charge in [-0.05, 0) is 39.6 Å². The number of esters is 1. The molecular formula is C20H25N5O2S. The van der Waals surface area contributed by atoms with Crippen molar-refractivity contribution in [3.05, 3.63) is 41.6 Å². The third-order valence-corrected chi connectivity index (χ3v) is 5.36. The molecule has 3 rings (SSSR count). The molecule has 0 aliphatic rings. The lowest BCUT2D eigenvalue weighted by Crippen LogP contribution is -2.25. The average molecular weight is 400 g/mol. The van der Waals surface area contributed by atoms with E-state index >= 15 is 0 Å². The van der Waals surface area contributed by atoms with Gasteiger partial charge in [0.15, 0.2) is 5.01 Å². The molecule has 0 radical (unpaired) electrons. The number of carbonyl (C=O) groups excluding carboxylic acids is 1. The van der Waals surface area contributed by atoms with Gasteiger partial charge in [0.05, 0.1) is 11.4 Å². The van der Waals surface area contributed by atoms with Gasteiger partial charge in [-0.2, -0.15) is 5.10 Å². The van der Waals surface area contributed by atoms with Gasteiger partial charge in [-0.25, -0.2) is 0 Å². The second kappa shape index (κ2) is 9.07. The number of hydrogen-bond donors (Lipinski definition) is 0. The average Bonchev–Trinajstić information content (AvgIpc) is 3.28. The molecule has 0 fully saturated rings. The third-order valence-electron chi connectivity index (χ3n) is 4.37. The maximum Gasteiger partial charge on any atom is 0.327 e. The molecular weight excluding hydrogens is 374 g/mol. The van der Waals surface area contributed by atoms with Gasteiger partial charge in [-0.3, -0.25) is 9.48 Å². The molecule has 0 saturated heterocycles. The number of rotatable bonds is 8. The van der Waals surface area contributed by atoms with E-state index in [-0.39, 0.29) is 12.5 Å². The van der Waals surface area contributed by atoms with Crippen LogP contribution in [0.5, 0.6) is 0 Å². The summed E-state index contributed by atoms with van der Waals surface area (Å²) in [6.45, 7) is 8.06. The number of aromatic nitrogens is 4. The lowest BCUT2D eigenvalue weighted by Gasteiger charge is -2.13. The van der Waals surface area contributed by atoms with Crippen molar-refractivity contribution < 1.29 is 9.53 Å². The summed E-state index contributed by atoms with van der Waals surface area (Å²) in [5.41, 5.74) is 3.80. The lowest BCUT2D eigenvalue weighted by atomic mass is 10.1. The number of nitrogens with zero attached hydrogens (tertiary/aromatic N) is 5. The van der Waals surface area contributed by atoms with Crippen LogP contribution >= 0.6 is 11.3 Å². The zero-order valence-electron chi connectivity index (χ0n) is 16.7. The molecule has 2 aromatic heterocycles. The highest BCUT2D eigenvalue weighted by Crippen LogP contribution is 2.30. The molecule has 0 aliphatic heterocycles. The lowest BCUT2D eigenvalue weighted by molar-refractivity contribution is -0.144. The third kappa shape index (κ3) is 5.02. The number of hydrogen-bond acceptors (Lipinski definition) is 7. The van der Waals surface area contributed by atoms with Crippen LogP contribution in [-0.2, 0) is 16.1 Å². The van der Waals surface area contributed by atoms with Gasteiger partial charge < -0.3 is 9.64 Å². The normalized spacial score (nSPS) is 11.2. The van der Waals surface area contributed by atoms with Crippen molar-refractivity contribution in [2.75, 3.05) is 26.7 Å². The molecule has 0 amide bonds. The summed E-state index contributed by atoms with van der Waals surface area (Å²) in [5.74, 6) is -0.308.